The first-order valence-electron chi connectivity index (χ1n) is 7.74. The summed E-state index contributed by atoms with van der Waals surface area (Å²) >= 11 is 1.35. The number of nitrogens with zero attached hydrogens (tertiary/aromatic N) is 1. The first-order chi connectivity index (χ1) is 11.0. The number of rotatable bonds is 5. The molecule has 0 spiro atoms. The molecule has 1 unspecified atom stereocenters. The predicted molar refractivity (Wildman–Crippen MR) is 92.2 cm³/mol. The predicted octanol–water partition coefficient (Wildman–Crippen LogP) is 3.07. The lowest BCUT2D eigenvalue weighted by atomic mass is 9.99. The van der Waals surface area contributed by atoms with E-state index in [4.69, 9.17) is 4.74 Å². The largest absolute Gasteiger partial charge is 0.372 e. The first kappa shape index (κ1) is 16.6. The maximum Gasteiger partial charge on any atom is 0.252 e. The van der Waals surface area contributed by atoms with Crippen molar-refractivity contribution in [2.45, 2.75) is 36.7 Å². The van der Waals surface area contributed by atoms with Gasteiger partial charge in [0.2, 0.25) is 0 Å². The van der Waals surface area contributed by atoms with Gasteiger partial charge in [-0.25, -0.2) is 8.42 Å². The van der Waals surface area contributed by atoms with Gasteiger partial charge >= 0.3 is 0 Å². The lowest BCUT2D eigenvalue weighted by Crippen LogP contribution is -2.38. The summed E-state index contributed by atoms with van der Waals surface area (Å²) in [5, 5.41) is 0. The Morgan fingerprint density at radius 3 is 2.65 bits per heavy atom. The second-order valence-corrected chi connectivity index (χ2v) is 9.21. The first-order valence-corrected chi connectivity index (χ1v) is 9.99. The van der Waals surface area contributed by atoms with E-state index in [0.717, 1.165) is 17.7 Å². The van der Waals surface area contributed by atoms with Gasteiger partial charge in [-0.05, 0) is 29.7 Å². The number of hydrogen-bond donors (Lipinski definition) is 0. The molecule has 0 fully saturated rings. The van der Waals surface area contributed by atoms with Crippen molar-refractivity contribution in [2.75, 3.05) is 13.6 Å². The Morgan fingerprint density at radius 1 is 1.22 bits per heavy atom. The third-order valence-corrected chi connectivity index (χ3v) is 7.67. The van der Waals surface area contributed by atoms with Gasteiger partial charge in [0.15, 0.2) is 0 Å². The molecule has 0 saturated carbocycles. The van der Waals surface area contributed by atoms with Gasteiger partial charge in [0.25, 0.3) is 10.0 Å². The average molecular weight is 351 g/mol. The minimum atomic E-state index is -3.43. The molecule has 0 saturated heterocycles. The summed E-state index contributed by atoms with van der Waals surface area (Å²) in [4.78, 5) is 1.08. The highest BCUT2D eigenvalue weighted by molar-refractivity contribution is 7.91. The Bertz CT molecular complexity index is 783. The average Bonchev–Trinajstić information content (AvgIpc) is 3.04. The van der Waals surface area contributed by atoms with Crippen molar-refractivity contribution in [3.8, 4) is 0 Å². The molecule has 1 aliphatic rings. The van der Waals surface area contributed by atoms with E-state index in [1.807, 2.05) is 25.1 Å². The van der Waals surface area contributed by atoms with Gasteiger partial charge in [0.05, 0.1) is 12.7 Å². The molecule has 1 aliphatic heterocycles. The third-order valence-electron chi connectivity index (χ3n) is 4.15. The summed E-state index contributed by atoms with van der Waals surface area (Å²) < 4.78 is 33.0. The molecule has 2 heterocycles. The summed E-state index contributed by atoms with van der Waals surface area (Å²) in [5.41, 5.74) is 2.44. The Hall–Kier alpha value is -1.21. The van der Waals surface area contributed by atoms with E-state index < -0.39 is 10.0 Å². The molecule has 1 aromatic heterocycles. The minimum absolute atomic E-state index is 0.102. The minimum Gasteiger partial charge on any atom is -0.372 e. The molecule has 3 rings (SSSR count). The molecular formula is C17H21NO3S2. The van der Waals surface area contributed by atoms with E-state index in [-0.39, 0.29) is 6.10 Å². The van der Waals surface area contributed by atoms with Gasteiger partial charge in [-0.3, -0.25) is 0 Å². The monoisotopic (exact) mass is 351 g/mol. The zero-order valence-corrected chi connectivity index (χ0v) is 15.0. The molecular weight excluding hydrogens is 330 g/mol. The maximum atomic E-state index is 12.7. The Kier molecular flexibility index (Phi) is 4.87. The molecule has 6 heteroatoms. The number of benzene rings is 1. The van der Waals surface area contributed by atoms with Crippen LogP contribution in [-0.4, -0.2) is 32.4 Å². The van der Waals surface area contributed by atoms with E-state index in [1.165, 1.54) is 26.8 Å². The van der Waals surface area contributed by atoms with Crippen molar-refractivity contribution in [3.05, 3.63) is 52.4 Å². The van der Waals surface area contributed by atoms with Gasteiger partial charge in [-0.2, -0.15) is 4.31 Å². The summed E-state index contributed by atoms with van der Waals surface area (Å²) in [7, 11) is -1.80. The molecule has 1 aromatic carbocycles. The maximum absolute atomic E-state index is 12.7. The zero-order valence-electron chi connectivity index (χ0n) is 13.4. The fourth-order valence-corrected chi connectivity index (χ4v) is 5.46. The van der Waals surface area contributed by atoms with Gasteiger partial charge in [0.1, 0.15) is 4.21 Å². The number of sulfonamides is 1. The van der Waals surface area contributed by atoms with Crippen LogP contribution in [0, 0.1) is 0 Å². The van der Waals surface area contributed by atoms with Gasteiger partial charge in [-0.1, -0.05) is 31.2 Å². The summed E-state index contributed by atoms with van der Waals surface area (Å²) in [5.74, 6) is 0. The van der Waals surface area contributed by atoms with Crippen LogP contribution >= 0.6 is 11.3 Å². The second kappa shape index (κ2) is 6.73. The zero-order chi connectivity index (χ0) is 16.4. The van der Waals surface area contributed by atoms with E-state index >= 15 is 0 Å². The molecule has 23 heavy (non-hydrogen) atoms. The molecule has 0 bridgehead atoms. The SMILES string of the molecule is CCc1ccc(S(=O)(=O)N(C)CC2Cc3ccccc3CO2)s1. The van der Waals surface area contributed by atoms with Gasteiger partial charge in [-0.15, -0.1) is 11.3 Å². The lowest BCUT2D eigenvalue weighted by molar-refractivity contribution is 0.0202. The van der Waals surface area contributed by atoms with Gasteiger partial charge < -0.3 is 4.74 Å². The summed E-state index contributed by atoms with van der Waals surface area (Å²) in [6.45, 7) is 2.95. The fraction of sp³-hybridized carbons (Fsp3) is 0.412. The van der Waals surface area contributed by atoms with Crippen LogP contribution in [-0.2, 0) is 34.2 Å². The highest BCUT2D eigenvalue weighted by Crippen LogP contribution is 2.26. The quantitative estimate of drug-likeness (QED) is 0.832. The van der Waals surface area contributed by atoms with E-state index in [1.54, 1.807) is 13.1 Å². The fourth-order valence-electron chi connectivity index (χ4n) is 2.75. The Morgan fingerprint density at radius 2 is 1.96 bits per heavy atom. The lowest BCUT2D eigenvalue weighted by Gasteiger charge is -2.28. The van der Waals surface area contributed by atoms with Crippen LogP contribution in [0.25, 0.3) is 0 Å². The van der Waals surface area contributed by atoms with Crippen LogP contribution in [0.2, 0.25) is 0 Å². The molecule has 0 amide bonds. The standard InChI is InChI=1S/C17H21NO3S2/c1-3-16-8-9-17(22-16)23(19,20)18(2)11-15-10-13-6-4-5-7-14(13)12-21-15/h4-9,15H,3,10-12H2,1-2H3. The van der Waals surface area contributed by atoms with Crippen molar-refractivity contribution in [1.29, 1.82) is 0 Å². The van der Waals surface area contributed by atoms with Gasteiger partial charge in [0, 0.05) is 24.9 Å². The van der Waals surface area contributed by atoms with Crippen LogP contribution in [0.5, 0.6) is 0 Å². The van der Waals surface area contributed by atoms with E-state index in [0.29, 0.717) is 17.4 Å². The molecule has 1 atom stereocenters. The van der Waals surface area contributed by atoms with E-state index in [9.17, 15) is 8.42 Å². The molecule has 0 aliphatic carbocycles. The summed E-state index contributed by atoms with van der Waals surface area (Å²) in [6, 6.07) is 11.8. The topological polar surface area (TPSA) is 46.6 Å². The second-order valence-electron chi connectivity index (χ2n) is 5.77. The van der Waals surface area contributed by atoms with Crippen molar-refractivity contribution in [3.63, 3.8) is 0 Å². The smallest absolute Gasteiger partial charge is 0.252 e. The highest BCUT2D eigenvalue weighted by atomic mass is 32.2. The van der Waals surface area contributed by atoms with Crippen molar-refractivity contribution in [1.82, 2.24) is 4.31 Å². The van der Waals surface area contributed by atoms with Crippen LogP contribution in [0.1, 0.15) is 22.9 Å². The number of thiophene rings is 1. The Balaban J connectivity index is 1.70. The number of likely N-dealkylation sites (N-methyl/N-ethyl adjacent to an activating group) is 1. The number of aryl methyl sites for hydroxylation is 1. The number of hydrogen-bond acceptors (Lipinski definition) is 4. The number of fused-ring (bicyclic) bond motifs is 1. The van der Waals surface area contributed by atoms with Crippen molar-refractivity contribution in [2.24, 2.45) is 0 Å². The molecule has 0 radical (unpaired) electrons. The van der Waals surface area contributed by atoms with Crippen molar-refractivity contribution >= 4 is 21.4 Å². The third kappa shape index (κ3) is 3.50. The van der Waals surface area contributed by atoms with Crippen LogP contribution in [0.15, 0.2) is 40.6 Å². The van der Waals surface area contributed by atoms with E-state index in [2.05, 4.69) is 12.1 Å². The Labute approximate surface area is 141 Å². The molecule has 0 N–H and O–H groups in total. The van der Waals surface area contributed by atoms with Crippen LogP contribution < -0.4 is 0 Å². The molecule has 124 valence electrons. The molecule has 2 aromatic rings. The highest BCUT2D eigenvalue weighted by Gasteiger charge is 2.27. The normalized spacial score (nSPS) is 18.1. The summed E-state index contributed by atoms with van der Waals surface area (Å²) in [6.07, 6.45) is 1.50. The number of ether oxygens (including phenoxy) is 1. The van der Waals surface area contributed by atoms with Crippen molar-refractivity contribution < 1.29 is 13.2 Å². The molecule has 4 nitrogen and oxygen atoms in total. The van der Waals surface area contributed by atoms with Crippen LogP contribution in [0.4, 0.5) is 0 Å². The van der Waals surface area contributed by atoms with Crippen LogP contribution in [0.3, 0.4) is 0 Å².